The maximum absolute atomic E-state index is 12.3. The largest absolute Gasteiger partial charge is 0.481 e. The highest BCUT2D eigenvalue weighted by atomic mass is 16.4. The summed E-state index contributed by atoms with van der Waals surface area (Å²) in [4.78, 5) is 36.6. The van der Waals surface area contributed by atoms with Gasteiger partial charge in [0.25, 0.3) is 0 Å². The second-order valence-electron chi connectivity index (χ2n) is 6.16. The van der Waals surface area contributed by atoms with Crippen molar-refractivity contribution >= 4 is 17.8 Å². The minimum absolute atomic E-state index is 0.0599. The van der Waals surface area contributed by atoms with E-state index < -0.39 is 5.97 Å². The molecule has 2 atom stereocenters. The maximum Gasteiger partial charge on any atom is 0.303 e. The number of hydrogen-bond donors (Lipinski definition) is 2. The fourth-order valence-electron chi connectivity index (χ4n) is 2.84. The Morgan fingerprint density at radius 3 is 2.62 bits per heavy atom. The molecule has 2 amide bonds. The van der Waals surface area contributed by atoms with Crippen LogP contribution in [0.25, 0.3) is 0 Å². The lowest BCUT2D eigenvalue weighted by Crippen LogP contribution is -2.48. The average Bonchev–Trinajstić information content (AvgIpc) is 3.14. The van der Waals surface area contributed by atoms with Crippen molar-refractivity contribution in [3.05, 3.63) is 0 Å². The van der Waals surface area contributed by atoms with Crippen LogP contribution in [0.5, 0.6) is 0 Å². The topological polar surface area (TPSA) is 86.7 Å². The molecule has 2 unspecified atom stereocenters. The van der Waals surface area contributed by atoms with E-state index in [1.165, 1.54) is 0 Å². The molecule has 6 nitrogen and oxygen atoms in total. The molecule has 1 aliphatic carbocycles. The molecule has 2 aliphatic rings. The molecule has 0 bridgehead atoms. The number of carbonyl (C=O) groups excluding carboxylic acids is 2. The SMILES string of the molecule is CC(CCCC(=O)O)NC(=O)C1CCCN1C(=O)C1CC1. The molecule has 1 aliphatic heterocycles. The number of hydrogen-bond acceptors (Lipinski definition) is 3. The Labute approximate surface area is 124 Å². The second kappa shape index (κ2) is 6.91. The van der Waals surface area contributed by atoms with Gasteiger partial charge in [0.15, 0.2) is 0 Å². The third kappa shape index (κ3) is 4.44. The van der Waals surface area contributed by atoms with E-state index in [0.717, 1.165) is 25.7 Å². The van der Waals surface area contributed by atoms with Crippen LogP contribution >= 0.6 is 0 Å². The smallest absolute Gasteiger partial charge is 0.303 e. The fraction of sp³-hybridized carbons (Fsp3) is 0.800. The molecule has 0 radical (unpaired) electrons. The second-order valence-corrected chi connectivity index (χ2v) is 6.16. The van der Waals surface area contributed by atoms with Crippen molar-refractivity contribution in [3.63, 3.8) is 0 Å². The minimum atomic E-state index is -0.814. The molecule has 0 aromatic heterocycles. The van der Waals surface area contributed by atoms with Gasteiger partial charge in [-0.3, -0.25) is 14.4 Å². The van der Waals surface area contributed by atoms with Crippen LogP contribution in [0.1, 0.15) is 51.9 Å². The van der Waals surface area contributed by atoms with Gasteiger partial charge in [-0.05, 0) is 45.4 Å². The Hall–Kier alpha value is -1.59. The van der Waals surface area contributed by atoms with Crippen molar-refractivity contribution in [2.45, 2.75) is 64.0 Å². The molecule has 2 fully saturated rings. The van der Waals surface area contributed by atoms with Crippen LogP contribution in [-0.2, 0) is 14.4 Å². The fourth-order valence-corrected chi connectivity index (χ4v) is 2.84. The molecule has 1 saturated carbocycles. The number of amides is 2. The maximum atomic E-state index is 12.3. The molecule has 0 spiro atoms. The van der Waals surface area contributed by atoms with Crippen LogP contribution in [0.2, 0.25) is 0 Å². The monoisotopic (exact) mass is 296 g/mol. The first-order chi connectivity index (χ1) is 9.99. The number of aliphatic carboxylic acids is 1. The molecule has 21 heavy (non-hydrogen) atoms. The Morgan fingerprint density at radius 1 is 1.29 bits per heavy atom. The standard InChI is InChI=1S/C15H24N2O4/c1-10(4-2-6-13(18)19)16-14(20)12-5-3-9-17(12)15(21)11-7-8-11/h10-12H,2-9H2,1H3,(H,16,20)(H,18,19). The highest BCUT2D eigenvalue weighted by molar-refractivity contribution is 5.90. The Morgan fingerprint density at radius 2 is 2.00 bits per heavy atom. The lowest BCUT2D eigenvalue weighted by molar-refractivity contribution is -0.139. The van der Waals surface area contributed by atoms with Gasteiger partial charge in [0, 0.05) is 24.9 Å². The first-order valence-corrected chi connectivity index (χ1v) is 7.81. The highest BCUT2D eigenvalue weighted by Gasteiger charge is 2.40. The molecular formula is C15H24N2O4. The zero-order valence-electron chi connectivity index (χ0n) is 12.5. The van der Waals surface area contributed by atoms with Crippen molar-refractivity contribution in [3.8, 4) is 0 Å². The van der Waals surface area contributed by atoms with E-state index in [4.69, 9.17) is 5.11 Å². The van der Waals surface area contributed by atoms with Gasteiger partial charge in [-0.2, -0.15) is 0 Å². The van der Waals surface area contributed by atoms with Crippen molar-refractivity contribution in [1.82, 2.24) is 10.2 Å². The molecule has 2 rings (SSSR count). The van der Waals surface area contributed by atoms with Crippen molar-refractivity contribution < 1.29 is 19.5 Å². The van der Waals surface area contributed by atoms with E-state index in [1.807, 2.05) is 6.92 Å². The lowest BCUT2D eigenvalue weighted by Gasteiger charge is -2.25. The number of likely N-dealkylation sites (tertiary alicyclic amines) is 1. The van der Waals surface area contributed by atoms with Gasteiger partial charge in [0.1, 0.15) is 6.04 Å². The van der Waals surface area contributed by atoms with Gasteiger partial charge in [-0.1, -0.05) is 0 Å². The number of nitrogens with zero attached hydrogens (tertiary/aromatic N) is 1. The van der Waals surface area contributed by atoms with Crippen LogP contribution in [0.4, 0.5) is 0 Å². The highest BCUT2D eigenvalue weighted by Crippen LogP contribution is 2.33. The molecule has 2 N–H and O–H groups in total. The summed E-state index contributed by atoms with van der Waals surface area (Å²) in [5, 5.41) is 11.5. The van der Waals surface area contributed by atoms with E-state index in [9.17, 15) is 14.4 Å². The van der Waals surface area contributed by atoms with Crippen LogP contribution in [0.15, 0.2) is 0 Å². The summed E-state index contributed by atoms with van der Waals surface area (Å²) in [6, 6.07) is -0.393. The van der Waals surface area contributed by atoms with E-state index in [1.54, 1.807) is 4.90 Å². The number of nitrogens with one attached hydrogen (secondary N) is 1. The molecule has 0 aromatic carbocycles. The van der Waals surface area contributed by atoms with E-state index in [0.29, 0.717) is 19.4 Å². The van der Waals surface area contributed by atoms with Crippen LogP contribution < -0.4 is 5.32 Å². The van der Waals surface area contributed by atoms with Gasteiger partial charge >= 0.3 is 5.97 Å². The summed E-state index contributed by atoms with van der Waals surface area (Å²) in [5.41, 5.74) is 0. The van der Waals surface area contributed by atoms with E-state index >= 15 is 0 Å². The van der Waals surface area contributed by atoms with Crippen LogP contribution in [-0.4, -0.2) is 46.4 Å². The summed E-state index contributed by atoms with van der Waals surface area (Å²) in [6.07, 6.45) is 4.82. The molecule has 1 saturated heterocycles. The zero-order valence-corrected chi connectivity index (χ0v) is 12.5. The molecule has 0 aromatic rings. The third-order valence-corrected chi connectivity index (χ3v) is 4.18. The quantitative estimate of drug-likeness (QED) is 0.738. The van der Waals surface area contributed by atoms with Gasteiger partial charge in [0.2, 0.25) is 11.8 Å². The van der Waals surface area contributed by atoms with E-state index in [-0.39, 0.29) is 36.2 Å². The van der Waals surface area contributed by atoms with Crippen molar-refractivity contribution in [2.24, 2.45) is 5.92 Å². The lowest BCUT2D eigenvalue weighted by atomic mass is 10.1. The number of carboxylic acids is 1. The van der Waals surface area contributed by atoms with Crippen LogP contribution in [0, 0.1) is 5.92 Å². The summed E-state index contributed by atoms with van der Waals surface area (Å²) >= 11 is 0. The third-order valence-electron chi connectivity index (χ3n) is 4.18. The predicted molar refractivity (Wildman–Crippen MR) is 76.6 cm³/mol. The van der Waals surface area contributed by atoms with Gasteiger partial charge in [-0.15, -0.1) is 0 Å². The van der Waals surface area contributed by atoms with Crippen LogP contribution in [0.3, 0.4) is 0 Å². The summed E-state index contributed by atoms with van der Waals surface area (Å²) in [6.45, 7) is 2.56. The Kier molecular flexibility index (Phi) is 5.20. The molecular weight excluding hydrogens is 272 g/mol. The summed E-state index contributed by atoms with van der Waals surface area (Å²) in [7, 11) is 0. The number of carbonyl (C=O) groups is 3. The summed E-state index contributed by atoms with van der Waals surface area (Å²) in [5.74, 6) is -0.632. The predicted octanol–water partition coefficient (Wildman–Crippen LogP) is 1.15. The van der Waals surface area contributed by atoms with Gasteiger partial charge in [0.05, 0.1) is 0 Å². The number of rotatable bonds is 7. The Balaban J connectivity index is 1.78. The number of carboxylic acid groups (broad SMARTS) is 1. The average molecular weight is 296 g/mol. The van der Waals surface area contributed by atoms with Crippen molar-refractivity contribution in [2.75, 3.05) is 6.54 Å². The summed E-state index contributed by atoms with van der Waals surface area (Å²) < 4.78 is 0. The molecule has 118 valence electrons. The zero-order chi connectivity index (χ0) is 15.4. The first-order valence-electron chi connectivity index (χ1n) is 7.81. The molecule has 6 heteroatoms. The van der Waals surface area contributed by atoms with E-state index in [2.05, 4.69) is 5.32 Å². The normalized spacial score (nSPS) is 22.9. The van der Waals surface area contributed by atoms with Gasteiger partial charge in [-0.25, -0.2) is 0 Å². The minimum Gasteiger partial charge on any atom is -0.481 e. The van der Waals surface area contributed by atoms with Crippen molar-refractivity contribution in [1.29, 1.82) is 0 Å². The van der Waals surface area contributed by atoms with Gasteiger partial charge < -0.3 is 15.3 Å². The first kappa shape index (κ1) is 15.8. The molecule has 1 heterocycles. The Bertz CT molecular complexity index is 420.